The molecule has 1 amide bonds. The number of carbonyl (C=O) groups is 1. The van der Waals surface area contributed by atoms with E-state index < -0.39 is 0 Å². The van der Waals surface area contributed by atoms with Crippen LogP contribution in [0.15, 0.2) is 54.7 Å². The summed E-state index contributed by atoms with van der Waals surface area (Å²) in [6.07, 6.45) is 2.11. The predicted molar refractivity (Wildman–Crippen MR) is 150 cm³/mol. The Labute approximate surface area is 223 Å². The fourth-order valence-electron chi connectivity index (χ4n) is 4.95. The standard InChI is InChI=1S/C30H34N6O2/c1-18-10-23(11-24(13-31)21(18)4)30(37)33-15-25-12-28-22(14-32-25)8-9-27(34-28)26-6-5-7-29(35-26)36-16-19(2)38-20(3)17-36/h5-12,14,19-20H,13,15-17,31H2,1-4H3,(H,33,37)/t19-,20+. The Bertz CT molecular complexity index is 1480. The average molecular weight is 511 g/mol. The normalized spacial score (nSPS) is 17.6. The van der Waals surface area contributed by atoms with Gasteiger partial charge in [0, 0.05) is 36.8 Å². The van der Waals surface area contributed by atoms with Crippen LogP contribution < -0.4 is 16.0 Å². The molecule has 1 aromatic carbocycles. The van der Waals surface area contributed by atoms with Crippen molar-refractivity contribution in [2.45, 2.75) is 53.0 Å². The number of fused-ring (bicyclic) bond motifs is 1. The van der Waals surface area contributed by atoms with Gasteiger partial charge in [0.2, 0.25) is 0 Å². The number of nitrogens with two attached hydrogens (primary N) is 1. The molecule has 2 atom stereocenters. The van der Waals surface area contributed by atoms with Gasteiger partial charge >= 0.3 is 0 Å². The van der Waals surface area contributed by atoms with E-state index in [-0.39, 0.29) is 18.1 Å². The summed E-state index contributed by atoms with van der Waals surface area (Å²) in [6.45, 7) is 10.5. The molecule has 3 aromatic heterocycles. The number of hydrogen-bond donors (Lipinski definition) is 2. The molecule has 38 heavy (non-hydrogen) atoms. The monoisotopic (exact) mass is 510 g/mol. The molecular weight excluding hydrogens is 476 g/mol. The molecule has 8 nitrogen and oxygen atoms in total. The second-order valence-corrected chi connectivity index (χ2v) is 10.1. The SMILES string of the molecule is Cc1cc(C(=O)NCc2cc3nc(-c4cccc(N5C[C@@H](C)O[C@@H](C)C5)n4)ccc3cn2)cc(CN)c1C. The molecule has 1 aliphatic heterocycles. The van der Waals surface area contributed by atoms with Crippen LogP contribution in [-0.2, 0) is 17.8 Å². The van der Waals surface area contributed by atoms with E-state index in [0.717, 1.165) is 63.6 Å². The number of morpholine rings is 1. The maximum absolute atomic E-state index is 12.8. The molecule has 0 unspecified atom stereocenters. The third kappa shape index (κ3) is 5.51. The van der Waals surface area contributed by atoms with Gasteiger partial charge in [0.25, 0.3) is 5.91 Å². The van der Waals surface area contributed by atoms with E-state index >= 15 is 0 Å². The van der Waals surface area contributed by atoms with E-state index in [2.05, 4.69) is 29.0 Å². The van der Waals surface area contributed by atoms with E-state index in [1.54, 1.807) is 6.20 Å². The van der Waals surface area contributed by atoms with Crippen LogP contribution in [0, 0.1) is 13.8 Å². The highest BCUT2D eigenvalue weighted by Gasteiger charge is 2.23. The minimum Gasteiger partial charge on any atom is -0.372 e. The highest BCUT2D eigenvalue weighted by molar-refractivity contribution is 5.94. The summed E-state index contributed by atoms with van der Waals surface area (Å²) in [5.74, 6) is 0.771. The zero-order valence-electron chi connectivity index (χ0n) is 22.4. The van der Waals surface area contributed by atoms with Gasteiger partial charge in [-0.2, -0.15) is 0 Å². The third-order valence-electron chi connectivity index (χ3n) is 7.06. The van der Waals surface area contributed by atoms with E-state index in [1.807, 2.05) is 62.4 Å². The zero-order chi connectivity index (χ0) is 26.8. The number of rotatable bonds is 6. The van der Waals surface area contributed by atoms with Crippen molar-refractivity contribution in [3.8, 4) is 11.4 Å². The maximum Gasteiger partial charge on any atom is 0.251 e. The molecular formula is C30H34N6O2. The molecule has 1 aliphatic rings. The van der Waals surface area contributed by atoms with E-state index in [9.17, 15) is 4.79 Å². The van der Waals surface area contributed by atoms with Crippen molar-refractivity contribution in [3.05, 3.63) is 82.7 Å². The largest absolute Gasteiger partial charge is 0.372 e. The number of carbonyl (C=O) groups excluding carboxylic acids is 1. The lowest BCUT2D eigenvalue weighted by atomic mass is 9.99. The van der Waals surface area contributed by atoms with E-state index in [0.29, 0.717) is 18.7 Å². The summed E-state index contributed by atoms with van der Waals surface area (Å²) in [5.41, 5.74) is 12.7. The lowest BCUT2D eigenvalue weighted by Crippen LogP contribution is -2.45. The Morgan fingerprint density at radius 3 is 2.58 bits per heavy atom. The summed E-state index contributed by atoms with van der Waals surface area (Å²) >= 11 is 0. The summed E-state index contributed by atoms with van der Waals surface area (Å²) in [4.78, 5) is 29.4. The molecule has 0 spiro atoms. The van der Waals surface area contributed by atoms with Gasteiger partial charge in [-0.15, -0.1) is 0 Å². The van der Waals surface area contributed by atoms with Gasteiger partial charge in [0.1, 0.15) is 5.82 Å². The fourth-order valence-corrected chi connectivity index (χ4v) is 4.95. The smallest absolute Gasteiger partial charge is 0.251 e. The van der Waals surface area contributed by atoms with Crippen LogP contribution in [0.3, 0.4) is 0 Å². The summed E-state index contributed by atoms with van der Waals surface area (Å²) in [6, 6.07) is 15.7. The molecule has 5 rings (SSSR count). The minimum atomic E-state index is -0.154. The number of aryl methyl sites for hydroxylation is 1. The number of amides is 1. The van der Waals surface area contributed by atoms with Gasteiger partial charge in [0.05, 0.1) is 41.4 Å². The predicted octanol–water partition coefficient (Wildman–Crippen LogP) is 4.31. The van der Waals surface area contributed by atoms with Crippen LogP contribution in [0.5, 0.6) is 0 Å². The molecule has 1 fully saturated rings. The third-order valence-corrected chi connectivity index (χ3v) is 7.06. The molecule has 0 radical (unpaired) electrons. The van der Waals surface area contributed by atoms with Crippen LogP contribution >= 0.6 is 0 Å². The highest BCUT2D eigenvalue weighted by atomic mass is 16.5. The molecule has 0 bridgehead atoms. The summed E-state index contributed by atoms with van der Waals surface area (Å²) in [7, 11) is 0. The molecule has 4 heterocycles. The first-order valence-electron chi connectivity index (χ1n) is 13.0. The molecule has 0 aliphatic carbocycles. The van der Waals surface area contributed by atoms with Crippen molar-refractivity contribution in [3.63, 3.8) is 0 Å². The van der Waals surface area contributed by atoms with Gasteiger partial charge in [-0.05, 0) is 86.8 Å². The molecule has 4 aromatic rings. The second kappa shape index (κ2) is 10.8. The van der Waals surface area contributed by atoms with Crippen molar-refractivity contribution in [2.24, 2.45) is 5.73 Å². The topological polar surface area (TPSA) is 106 Å². The fraction of sp³-hybridized carbons (Fsp3) is 0.333. The highest BCUT2D eigenvalue weighted by Crippen LogP contribution is 2.24. The number of nitrogens with zero attached hydrogens (tertiary/aromatic N) is 4. The molecule has 0 saturated carbocycles. The van der Waals surface area contributed by atoms with Crippen molar-refractivity contribution in [1.82, 2.24) is 20.3 Å². The van der Waals surface area contributed by atoms with Crippen molar-refractivity contribution >= 4 is 22.6 Å². The minimum absolute atomic E-state index is 0.154. The van der Waals surface area contributed by atoms with Crippen LogP contribution in [0.25, 0.3) is 22.3 Å². The molecule has 3 N–H and O–H groups in total. The lowest BCUT2D eigenvalue weighted by molar-refractivity contribution is -0.00545. The first-order chi connectivity index (χ1) is 18.3. The average Bonchev–Trinajstić information content (AvgIpc) is 2.92. The number of pyridine rings is 3. The first kappa shape index (κ1) is 25.8. The zero-order valence-corrected chi connectivity index (χ0v) is 22.4. The number of anilines is 1. The van der Waals surface area contributed by atoms with Gasteiger partial charge in [-0.3, -0.25) is 9.78 Å². The second-order valence-electron chi connectivity index (χ2n) is 10.1. The Balaban J connectivity index is 1.34. The van der Waals surface area contributed by atoms with Crippen LogP contribution in [0.2, 0.25) is 0 Å². The first-order valence-corrected chi connectivity index (χ1v) is 13.0. The van der Waals surface area contributed by atoms with Crippen LogP contribution in [0.1, 0.15) is 46.6 Å². The summed E-state index contributed by atoms with van der Waals surface area (Å²) < 4.78 is 5.87. The van der Waals surface area contributed by atoms with Crippen molar-refractivity contribution in [2.75, 3.05) is 18.0 Å². The maximum atomic E-state index is 12.8. The van der Waals surface area contributed by atoms with E-state index in [4.69, 9.17) is 20.4 Å². The number of hydrogen-bond acceptors (Lipinski definition) is 7. The Morgan fingerprint density at radius 2 is 1.82 bits per heavy atom. The summed E-state index contributed by atoms with van der Waals surface area (Å²) in [5, 5.41) is 3.91. The Morgan fingerprint density at radius 1 is 1.05 bits per heavy atom. The van der Waals surface area contributed by atoms with Gasteiger partial charge in [0.15, 0.2) is 0 Å². The quantitative estimate of drug-likeness (QED) is 0.398. The van der Waals surface area contributed by atoms with Gasteiger partial charge < -0.3 is 20.7 Å². The molecule has 196 valence electrons. The number of aromatic nitrogens is 3. The van der Waals surface area contributed by atoms with Gasteiger partial charge in [-0.25, -0.2) is 9.97 Å². The van der Waals surface area contributed by atoms with Crippen molar-refractivity contribution < 1.29 is 9.53 Å². The lowest BCUT2D eigenvalue weighted by Gasteiger charge is -2.36. The van der Waals surface area contributed by atoms with Crippen LogP contribution in [-0.4, -0.2) is 46.2 Å². The molecule has 8 heteroatoms. The number of benzene rings is 1. The Hall–Kier alpha value is -3.88. The van der Waals surface area contributed by atoms with Crippen LogP contribution in [0.4, 0.5) is 5.82 Å². The van der Waals surface area contributed by atoms with Crippen molar-refractivity contribution in [1.29, 1.82) is 0 Å². The molecule has 1 saturated heterocycles. The Kier molecular flexibility index (Phi) is 7.35. The van der Waals surface area contributed by atoms with Gasteiger partial charge in [-0.1, -0.05) is 6.07 Å². The number of nitrogens with one attached hydrogen (secondary N) is 1. The van der Waals surface area contributed by atoms with E-state index in [1.165, 1.54) is 0 Å². The number of ether oxygens (including phenoxy) is 1.